The number of amides is 1. The topological polar surface area (TPSA) is 70.1 Å². The van der Waals surface area contributed by atoms with Crippen molar-refractivity contribution in [1.29, 1.82) is 0 Å². The Morgan fingerprint density at radius 2 is 1.72 bits per heavy atom. The smallest absolute Gasteiger partial charge is 0.335 e. The van der Waals surface area contributed by atoms with E-state index in [0.717, 1.165) is 56.9 Å². The fraction of sp³-hybridized carbons (Fsp3) is 0.391. The van der Waals surface area contributed by atoms with E-state index in [9.17, 15) is 14.7 Å². The average molecular weight is 394 g/mol. The Hall–Kier alpha value is -2.86. The second-order valence-corrected chi connectivity index (χ2v) is 7.67. The number of carboxylic acids is 1. The van der Waals surface area contributed by atoms with Gasteiger partial charge in [0.15, 0.2) is 0 Å². The lowest BCUT2D eigenvalue weighted by Crippen LogP contribution is -2.39. The number of nitrogens with zero attached hydrogens (tertiary/aromatic N) is 2. The number of ether oxygens (including phenoxy) is 1. The van der Waals surface area contributed by atoms with Crippen molar-refractivity contribution in [2.24, 2.45) is 0 Å². The Morgan fingerprint density at radius 3 is 2.45 bits per heavy atom. The number of anilines is 1. The Labute approximate surface area is 170 Å². The lowest BCUT2D eigenvalue weighted by atomic mass is 9.89. The molecule has 2 aliphatic heterocycles. The molecule has 0 aromatic heterocycles. The van der Waals surface area contributed by atoms with Crippen LogP contribution in [-0.2, 0) is 4.74 Å². The third-order valence-corrected chi connectivity index (χ3v) is 5.80. The minimum Gasteiger partial charge on any atom is -0.478 e. The van der Waals surface area contributed by atoms with E-state index < -0.39 is 5.97 Å². The maximum absolute atomic E-state index is 13.0. The van der Waals surface area contributed by atoms with E-state index in [-0.39, 0.29) is 11.8 Å². The molecule has 0 saturated carbocycles. The highest BCUT2D eigenvalue weighted by Crippen LogP contribution is 2.28. The minimum absolute atomic E-state index is 0.0395. The van der Waals surface area contributed by atoms with Gasteiger partial charge in [0.05, 0.1) is 18.8 Å². The van der Waals surface area contributed by atoms with Crippen molar-refractivity contribution < 1.29 is 19.4 Å². The normalized spacial score (nSPS) is 19.8. The predicted molar refractivity (Wildman–Crippen MR) is 111 cm³/mol. The molecule has 1 N–H and O–H groups in total. The molecule has 6 nitrogen and oxygen atoms in total. The molecule has 0 bridgehead atoms. The van der Waals surface area contributed by atoms with Crippen LogP contribution in [0.2, 0.25) is 0 Å². The average Bonchev–Trinajstić information content (AvgIpc) is 2.79. The molecule has 2 saturated heterocycles. The molecule has 2 aromatic carbocycles. The van der Waals surface area contributed by atoms with E-state index in [1.807, 2.05) is 35.2 Å². The Morgan fingerprint density at radius 1 is 0.966 bits per heavy atom. The van der Waals surface area contributed by atoms with Crippen LogP contribution in [0.3, 0.4) is 0 Å². The van der Waals surface area contributed by atoms with Crippen LogP contribution in [0.4, 0.5) is 5.69 Å². The Balaban J connectivity index is 1.44. The summed E-state index contributed by atoms with van der Waals surface area (Å²) in [7, 11) is 0. The highest BCUT2D eigenvalue weighted by molar-refractivity contribution is 5.94. The number of likely N-dealkylation sites (tertiary alicyclic amines) is 1. The fourth-order valence-corrected chi connectivity index (χ4v) is 4.18. The monoisotopic (exact) mass is 394 g/mol. The number of rotatable bonds is 4. The SMILES string of the molecule is O=C(O)c1cccc([C@H]2CCCN(C(=O)c3ccc(N4CCOCC4)cc3)C2)c1. The summed E-state index contributed by atoms with van der Waals surface area (Å²) in [5.41, 5.74) is 3.10. The number of hydrogen-bond donors (Lipinski definition) is 1. The van der Waals surface area contributed by atoms with Gasteiger partial charge in [0.1, 0.15) is 0 Å². The molecule has 2 fully saturated rings. The molecular weight excluding hydrogens is 368 g/mol. The van der Waals surface area contributed by atoms with Gasteiger partial charge in [0.25, 0.3) is 5.91 Å². The summed E-state index contributed by atoms with van der Waals surface area (Å²) in [6.07, 6.45) is 1.88. The Kier molecular flexibility index (Phi) is 5.81. The number of carbonyl (C=O) groups excluding carboxylic acids is 1. The lowest BCUT2D eigenvalue weighted by Gasteiger charge is -2.33. The molecule has 152 valence electrons. The zero-order valence-electron chi connectivity index (χ0n) is 16.4. The molecule has 2 aliphatic rings. The van der Waals surface area contributed by atoms with E-state index in [0.29, 0.717) is 17.7 Å². The molecule has 0 unspecified atom stereocenters. The number of carboxylic acid groups (broad SMARTS) is 1. The van der Waals surface area contributed by atoms with Crippen molar-refractivity contribution in [1.82, 2.24) is 4.90 Å². The Bertz CT molecular complexity index is 875. The minimum atomic E-state index is -0.920. The number of piperidine rings is 1. The summed E-state index contributed by atoms with van der Waals surface area (Å²) in [6.45, 7) is 4.57. The number of benzene rings is 2. The van der Waals surface area contributed by atoms with Crippen molar-refractivity contribution in [3.8, 4) is 0 Å². The van der Waals surface area contributed by atoms with Crippen LogP contribution in [0.15, 0.2) is 48.5 Å². The first kappa shape index (κ1) is 19.5. The van der Waals surface area contributed by atoms with Crippen molar-refractivity contribution in [2.45, 2.75) is 18.8 Å². The van der Waals surface area contributed by atoms with Gasteiger partial charge in [-0.25, -0.2) is 4.79 Å². The van der Waals surface area contributed by atoms with Crippen molar-refractivity contribution >= 4 is 17.6 Å². The second kappa shape index (κ2) is 8.66. The van der Waals surface area contributed by atoms with E-state index >= 15 is 0 Å². The van der Waals surface area contributed by atoms with Gasteiger partial charge < -0.3 is 19.6 Å². The van der Waals surface area contributed by atoms with Crippen molar-refractivity contribution in [2.75, 3.05) is 44.3 Å². The third-order valence-electron chi connectivity index (χ3n) is 5.80. The van der Waals surface area contributed by atoms with Crippen molar-refractivity contribution in [3.63, 3.8) is 0 Å². The van der Waals surface area contributed by atoms with E-state index in [2.05, 4.69) is 4.90 Å². The highest BCUT2D eigenvalue weighted by Gasteiger charge is 2.26. The summed E-state index contributed by atoms with van der Waals surface area (Å²) >= 11 is 0. The first-order chi connectivity index (χ1) is 14.1. The van der Waals surface area contributed by atoms with Crippen LogP contribution in [0, 0.1) is 0 Å². The van der Waals surface area contributed by atoms with Crippen LogP contribution in [-0.4, -0.2) is 61.3 Å². The molecule has 0 spiro atoms. The predicted octanol–water partition coefficient (Wildman–Crippen LogP) is 3.24. The van der Waals surface area contributed by atoms with Crippen LogP contribution >= 0.6 is 0 Å². The number of carbonyl (C=O) groups is 2. The zero-order valence-corrected chi connectivity index (χ0v) is 16.4. The van der Waals surface area contributed by atoms with Gasteiger partial charge in [-0.15, -0.1) is 0 Å². The summed E-state index contributed by atoms with van der Waals surface area (Å²) < 4.78 is 5.39. The molecule has 0 aliphatic carbocycles. The van der Waals surface area contributed by atoms with Crippen LogP contribution in [0.1, 0.15) is 45.0 Å². The second-order valence-electron chi connectivity index (χ2n) is 7.67. The molecule has 1 amide bonds. The zero-order chi connectivity index (χ0) is 20.2. The first-order valence-corrected chi connectivity index (χ1v) is 10.2. The highest BCUT2D eigenvalue weighted by atomic mass is 16.5. The largest absolute Gasteiger partial charge is 0.478 e. The molecule has 2 aromatic rings. The summed E-state index contributed by atoms with van der Waals surface area (Å²) in [5, 5.41) is 9.24. The molecule has 6 heteroatoms. The van der Waals surface area contributed by atoms with Gasteiger partial charge >= 0.3 is 5.97 Å². The molecule has 4 rings (SSSR count). The van der Waals surface area contributed by atoms with Crippen molar-refractivity contribution in [3.05, 3.63) is 65.2 Å². The number of aromatic carboxylic acids is 1. The maximum atomic E-state index is 13.0. The fourth-order valence-electron chi connectivity index (χ4n) is 4.18. The number of morpholine rings is 1. The quantitative estimate of drug-likeness (QED) is 0.862. The van der Waals surface area contributed by atoms with Gasteiger partial charge in [-0.1, -0.05) is 12.1 Å². The third kappa shape index (κ3) is 4.43. The van der Waals surface area contributed by atoms with E-state index in [1.54, 1.807) is 18.2 Å². The summed E-state index contributed by atoms with van der Waals surface area (Å²) in [6, 6.07) is 14.9. The van der Waals surface area contributed by atoms with Crippen LogP contribution in [0.25, 0.3) is 0 Å². The van der Waals surface area contributed by atoms with E-state index in [1.165, 1.54) is 0 Å². The van der Waals surface area contributed by atoms with Crippen LogP contribution < -0.4 is 4.90 Å². The lowest BCUT2D eigenvalue weighted by molar-refractivity contribution is 0.0688. The van der Waals surface area contributed by atoms with Gasteiger partial charge in [-0.2, -0.15) is 0 Å². The van der Waals surface area contributed by atoms with Crippen LogP contribution in [0.5, 0.6) is 0 Å². The first-order valence-electron chi connectivity index (χ1n) is 10.2. The number of hydrogen-bond acceptors (Lipinski definition) is 4. The summed E-state index contributed by atoms with van der Waals surface area (Å²) in [4.78, 5) is 28.5. The van der Waals surface area contributed by atoms with Gasteiger partial charge in [-0.05, 0) is 54.8 Å². The van der Waals surface area contributed by atoms with Gasteiger partial charge in [0, 0.05) is 43.3 Å². The van der Waals surface area contributed by atoms with E-state index in [4.69, 9.17) is 4.74 Å². The molecule has 29 heavy (non-hydrogen) atoms. The molecule has 1 atom stereocenters. The van der Waals surface area contributed by atoms with Gasteiger partial charge in [0.2, 0.25) is 0 Å². The maximum Gasteiger partial charge on any atom is 0.335 e. The van der Waals surface area contributed by atoms with Gasteiger partial charge in [-0.3, -0.25) is 4.79 Å². The standard InChI is InChI=1S/C23H26N2O4/c26-22(17-6-8-21(9-7-17)24-11-13-29-14-12-24)25-10-2-5-20(16-25)18-3-1-4-19(15-18)23(27)28/h1,3-4,6-9,15,20H,2,5,10-14,16H2,(H,27,28)/t20-/m0/s1. The molecule has 2 heterocycles. The molecular formula is C23H26N2O4. The molecule has 0 radical (unpaired) electrons. The summed E-state index contributed by atoms with van der Waals surface area (Å²) in [5.74, 6) is -0.715.